The average molecular weight is 319 g/mol. The molecule has 1 rings (SSSR count). The van der Waals surface area contributed by atoms with Crippen molar-refractivity contribution in [2.24, 2.45) is 11.7 Å². The van der Waals surface area contributed by atoms with Gasteiger partial charge in [-0.05, 0) is 49.8 Å². The van der Waals surface area contributed by atoms with Crippen molar-refractivity contribution >= 4 is 5.91 Å². The van der Waals surface area contributed by atoms with Crippen molar-refractivity contribution in [2.75, 3.05) is 13.1 Å². The third kappa shape index (κ3) is 8.17. The maximum atomic E-state index is 12.2. The van der Waals surface area contributed by atoms with E-state index in [1.165, 1.54) is 24.8 Å². The number of nitrogens with one attached hydrogen (secondary N) is 1. The zero-order chi connectivity index (χ0) is 17.1. The van der Waals surface area contributed by atoms with Gasteiger partial charge in [0, 0.05) is 6.54 Å². The number of benzene rings is 1. The Hall–Kier alpha value is -1.35. The molecule has 3 nitrogen and oxygen atoms in total. The normalized spacial score (nSPS) is 12.4. The number of rotatable bonds is 11. The Balaban J connectivity index is 2.30. The number of amides is 1. The van der Waals surface area contributed by atoms with Gasteiger partial charge in [-0.25, -0.2) is 0 Å². The monoisotopic (exact) mass is 318 g/mol. The summed E-state index contributed by atoms with van der Waals surface area (Å²) in [6.07, 6.45) is 6.82. The van der Waals surface area contributed by atoms with E-state index in [1.807, 2.05) is 6.92 Å². The van der Waals surface area contributed by atoms with Crippen molar-refractivity contribution < 1.29 is 4.79 Å². The summed E-state index contributed by atoms with van der Waals surface area (Å²) in [4.78, 5) is 12.2. The van der Waals surface area contributed by atoms with Crippen LogP contribution in [0.5, 0.6) is 0 Å². The highest BCUT2D eigenvalue weighted by atomic mass is 16.1. The van der Waals surface area contributed by atoms with Gasteiger partial charge in [-0.15, -0.1) is 0 Å². The molecular formula is C20H34N2O. The van der Waals surface area contributed by atoms with Crippen LogP contribution in [0.4, 0.5) is 0 Å². The first-order valence-electron chi connectivity index (χ1n) is 9.11. The number of carbonyl (C=O) groups is 1. The number of carbonyl (C=O) groups excluding carboxylic acids is 1. The summed E-state index contributed by atoms with van der Waals surface area (Å²) in [5.41, 5.74) is 7.91. The van der Waals surface area contributed by atoms with Gasteiger partial charge in [0.15, 0.2) is 0 Å². The molecule has 23 heavy (non-hydrogen) atoms. The Morgan fingerprint density at radius 3 is 2.22 bits per heavy atom. The highest BCUT2D eigenvalue weighted by molar-refractivity contribution is 5.83. The molecule has 0 aliphatic carbocycles. The minimum absolute atomic E-state index is 0.0830. The van der Waals surface area contributed by atoms with Crippen molar-refractivity contribution in [1.82, 2.24) is 5.32 Å². The van der Waals surface area contributed by atoms with E-state index in [2.05, 4.69) is 43.4 Å². The summed E-state index contributed by atoms with van der Waals surface area (Å²) in [5.74, 6) is 0.704. The topological polar surface area (TPSA) is 55.1 Å². The second kappa shape index (κ2) is 11.2. The van der Waals surface area contributed by atoms with Crippen LogP contribution in [0.15, 0.2) is 24.3 Å². The van der Waals surface area contributed by atoms with Crippen molar-refractivity contribution in [3.8, 4) is 0 Å². The zero-order valence-electron chi connectivity index (χ0n) is 15.1. The second-order valence-corrected chi connectivity index (χ2v) is 6.91. The van der Waals surface area contributed by atoms with Crippen LogP contribution in [-0.4, -0.2) is 19.0 Å². The van der Waals surface area contributed by atoms with Crippen molar-refractivity contribution in [3.05, 3.63) is 35.4 Å². The Kier molecular flexibility index (Phi) is 9.61. The van der Waals surface area contributed by atoms with Crippen LogP contribution in [0.3, 0.4) is 0 Å². The molecule has 0 aliphatic heterocycles. The molecule has 0 aliphatic rings. The van der Waals surface area contributed by atoms with Gasteiger partial charge in [0.1, 0.15) is 0 Å². The van der Waals surface area contributed by atoms with Crippen LogP contribution in [-0.2, 0) is 11.2 Å². The van der Waals surface area contributed by atoms with Gasteiger partial charge in [0.05, 0.1) is 5.92 Å². The van der Waals surface area contributed by atoms with Crippen LogP contribution < -0.4 is 11.1 Å². The van der Waals surface area contributed by atoms with E-state index in [1.54, 1.807) is 0 Å². The first-order chi connectivity index (χ1) is 11.0. The van der Waals surface area contributed by atoms with E-state index < -0.39 is 0 Å². The summed E-state index contributed by atoms with van der Waals surface area (Å²) in [6.45, 7) is 7.98. The lowest BCUT2D eigenvalue weighted by atomic mass is 9.96. The quantitative estimate of drug-likeness (QED) is 0.606. The summed E-state index contributed by atoms with van der Waals surface area (Å²) >= 11 is 0. The highest BCUT2D eigenvalue weighted by Crippen LogP contribution is 2.17. The van der Waals surface area contributed by atoms with Gasteiger partial charge < -0.3 is 11.1 Å². The Morgan fingerprint density at radius 1 is 1.00 bits per heavy atom. The fourth-order valence-electron chi connectivity index (χ4n) is 2.73. The van der Waals surface area contributed by atoms with Crippen LogP contribution in [0.25, 0.3) is 0 Å². The summed E-state index contributed by atoms with van der Waals surface area (Å²) in [6, 6.07) is 8.48. The zero-order valence-corrected chi connectivity index (χ0v) is 15.1. The summed E-state index contributed by atoms with van der Waals surface area (Å²) in [5, 5.41) is 3.06. The Bertz CT molecular complexity index is 439. The fourth-order valence-corrected chi connectivity index (χ4v) is 2.73. The van der Waals surface area contributed by atoms with Gasteiger partial charge in [-0.3, -0.25) is 4.79 Å². The van der Waals surface area contributed by atoms with Gasteiger partial charge in [-0.2, -0.15) is 0 Å². The van der Waals surface area contributed by atoms with E-state index in [9.17, 15) is 4.79 Å². The summed E-state index contributed by atoms with van der Waals surface area (Å²) < 4.78 is 0. The standard InChI is InChI=1S/C20H34N2O/c1-16(2)15-18-9-11-19(12-10-18)17(3)20(23)22-14-8-6-4-5-7-13-21/h9-12,16-17H,4-8,13-15,21H2,1-3H3,(H,22,23)/t17-/m0/s1. The van der Waals surface area contributed by atoms with Gasteiger partial charge in [-0.1, -0.05) is 57.4 Å². The van der Waals surface area contributed by atoms with E-state index >= 15 is 0 Å². The van der Waals surface area contributed by atoms with Crippen LogP contribution in [0.2, 0.25) is 0 Å². The number of nitrogens with two attached hydrogens (primary N) is 1. The van der Waals surface area contributed by atoms with Crippen molar-refractivity contribution in [2.45, 2.75) is 65.2 Å². The molecule has 0 fully saturated rings. The maximum Gasteiger partial charge on any atom is 0.227 e. The Morgan fingerprint density at radius 2 is 1.61 bits per heavy atom. The molecule has 1 aromatic carbocycles. The average Bonchev–Trinajstić information content (AvgIpc) is 2.53. The first kappa shape index (κ1) is 19.7. The summed E-state index contributed by atoms with van der Waals surface area (Å²) in [7, 11) is 0. The molecule has 0 saturated carbocycles. The third-order valence-electron chi connectivity index (χ3n) is 4.20. The van der Waals surface area contributed by atoms with Gasteiger partial charge in [0.2, 0.25) is 5.91 Å². The molecule has 0 saturated heterocycles. The van der Waals surface area contributed by atoms with E-state index in [0.29, 0.717) is 5.92 Å². The molecule has 1 amide bonds. The molecule has 0 radical (unpaired) electrons. The van der Waals surface area contributed by atoms with Crippen LogP contribution in [0.1, 0.15) is 69.9 Å². The van der Waals surface area contributed by atoms with Gasteiger partial charge in [0.25, 0.3) is 0 Å². The molecule has 3 heteroatoms. The SMILES string of the molecule is CC(C)Cc1ccc([C@H](C)C(=O)NCCCCCCCN)cc1. The predicted octanol–water partition coefficient (Wildman–Crippen LogP) is 4.01. The number of hydrogen-bond donors (Lipinski definition) is 2. The smallest absolute Gasteiger partial charge is 0.227 e. The maximum absolute atomic E-state index is 12.2. The predicted molar refractivity (Wildman–Crippen MR) is 98.5 cm³/mol. The van der Waals surface area contributed by atoms with E-state index in [0.717, 1.165) is 37.9 Å². The molecule has 1 aromatic rings. The number of hydrogen-bond acceptors (Lipinski definition) is 2. The first-order valence-corrected chi connectivity index (χ1v) is 9.11. The minimum atomic E-state index is -0.0830. The molecule has 130 valence electrons. The largest absolute Gasteiger partial charge is 0.356 e. The van der Waals surface area contributed by atoms with Crippen LogP contribution >= 0.6 is 0 Å². The van der Waals surface area contributed by atoms with Crippen LogP contribution in [0, 0.1) is 5.92 Å². The van der Waals surface area contributed by atoms with Crippen molar-refractivity contribution in [3.63, 3.8) is 0 Å². The molecular weight excluding hydrogens is 284 g/mol. The Labute approximate surface area is 142 Å². The van der Waals surface area contributed by atoms with Crippen molar-refractivity contribution in [1.29, 1.82) is 0 Å². The number of unbranched alkanes of at least 4 members (excludes halogenated alkanes) is 4. The molecule has 0 unspecified atom stereocenters. The third-order valence-corrected chi connectivity index (χ3v) is 4.20. The lowest BCUT2D eigenvalue weighted by Gasteiger charge is -2.13. The molecule has 1 atom stereocenters. The lowest BCUT2D eigenvalue weighted by Crippen LogP contribution is -2.28. The van der Waals surface area contributed by atoms with Gasteiger partial charge >= 0.3 is 0 Å². The molecule has 0 spiro atoms. The fraction of sp³-hybridized carbons (Fsp3) is 0.650. The minimum Gasteiger partial charge on any atom is -0.356 e. The highest BCUT2D eigenvalue weighted by Gasteiger charge is 2.14. The molecule has 0 heterocycles. The van der Waals surface area contributed by atoms with E-state index in [-0.39, 0.29) is 11.8 Å². The molecule has 3 N–H and O–H groups in total. The molecule has 0 bridgehead atoms. The van der Waals surface area contributed by atoms with E-state index in [4.69, 9.17) is 5.73 Å². The lowest BCUT2D eigenvalue weighted by molar-refractivity contribution is -0.122. The second-order valence-electron chi connectivity index (χ2n) is 6.91. The molecule has 0 aromatic heterocycles.